The molecule has 0 amide bonds. The average molecular weight is 269 g/mol. The average Bonchev–Trinajstić information content (AvgIpc) is 2.50. The molecule has 20 heavy (non-hydrogen) atoms. The topological polar surface area (TPSA) is 39.2 Å². The number of ether oxygens (including phenoxy) is 1. The van der Waals surface area contributed by atoms with Crippen molar-refractivity contribution in [1.82, 2.24) is 4.98 Å². The van der Waals surface area contributed by atoms with Crippen molar-refractivity contribution in [2.45, 2.75) is 25.7 Å². The summed E-state index contributed by atoms with van der Waals surface area (Å²) in [6, 6.07) is 15.6. The summed E-state index contributed by atoms with van der Waals surface area (Å²) in [5.41, 5.74) is 2.00. The predicted octanol–water partition coefficient (Wildman–Crippen LogP) is 3.36. The number of aromatic nitrogens is 1. The Labute approximate surface area is 119 Å². The highest BCUT2D eigenvalue weighted by atomic mass is 16.5. The zero-order chi connectivity index (χ0) is 14.2. The van der Waals surface area contributed by atoms with Gasteiger partial charge in [0.2, 0.25) is 0 Å². The van der Waals surface area contributed by atoms with Gasteiger partial charge in [0, 0.05) is 11.9 Å². The number of nitrogens with zero attached hydrogens (tertiary/aromatic N) is 1. The number of hydrogen-bond acceptors (Lipinski definition) is 3. The molecule has 1 aromatic heterocycles. The van der Waals surface area contributed by atoms with Gasteiger partial charge in [-0.3, -0.25) is 9.78 Å². The summed E-state index contributed by atoms with van der Waals surface area (Å²) in [4.78, 5) is 16.4. The van der Waals surface area contributed by atoms with Crippen LogP contribution in [0, 0.1) is 0 Å². The Kier molecular flexibility index (Phi) is 5.30. The molecule has 0 radical (unpaired) electrons. The first-order chi connectivity index (χ1) is 9.81. The van der Waals surface area contributed by atoms with Gasteiger partial charge < -0.3 is 4.74 Å². The number of carbonyl (C=O) groups is 1. The normalized spacial score (nSPS) is 11.8. The summed E-state index contributed by atoms with van der Waals surface area (Å²) in [7, 11) is 0. The zero-order valence-electron chi connectivity index (χ0n) is 11.7. The van der Waals surface area contributed by atoms with E-state index < -0.39 is 0 Å². The van der Waals surface area contributed by atoms with Crippen molar-refractivity contribution < 1.29 is 9.53 Å². The lowest BCUT2D eigenvalue weighted by molar-refractivity contribution is -0.145. The molecule has 104 valence electrons. The number of pyridine rings is 1. The molecule has 0 fully saturated rings. The molecule has 0 aliphatic rings. The van der Waals surface area contributed by atoms with Crippen molar-refractivity contribution in [3.05, 3.63) is 66.0 Å². The maximum atomic E-state index is 12.1. The first-order valence-corrected chi connectivity index (χ1v) is 6.92. The Bertz CT molecular complexity index is 525. The van der Waals surface area contributed by atoms with Gasteiger partial charge >= 0.3 is 5.97 Å². The van der Waals surface area contributed by atoms with Crippen LogP contribution in [-0.4, -0.2) is 17.6 Å². The van der Waals surface area contributed by atoms with Gasteiger partial charge in [-0.15, -0.1) is 0 Å². The second-order valence-corrected chi connectivity index (χ2v) is 4.58. The van der Waals surface area contributed by atoms with Crippen LogP contribution in [0.4, 0.5) is 0 Å². The third kappa shape index (κ3) is 3.92. The van der Waals surface area contributed by atoms with Crippen LogP contribution in [0.25, 0.3) is 0 Å². The van der Waals surface area contributed by atoms with E-state index in [-0.39, 0.29) is 11.9 Å². The molecule has 0 saturated carbocycles. The van der Waals surface area contributed by atoms with E-state index in [1.54, 1.807) is 6.20 Å². The van der Waals surface area contributed by atoms with Crippen LogP contribution in [-0.2, 0) is 16.0 Å². The van der Waals surface area contributed by atoms with E-state index >= 15 is 0 Å². The van der Waals surface area contributed by atoms with E-state index in [0.29, 0.717) is 13.0 Å². The second kappa shape index (κ2) is 7.43. The number of hydrogen-bond donors (Lipinski definition) is 0. The minimum atomic E-state index is -0.224. The number of aryl methyl sites for hydroxylation is 1. The minimum Gasteiger partial charge on any atom is -0.466 e. The summed E-state index contributed by atoms with van der Waals surface area (Å²) in [6.07, 6.45) is 3.25. The fourth-order valence-electron chi connectivity index (χ4n) is 2.19. The fraction of sp³-hybridized carbons (Fsp3) is 0.294. The molecule has 3 heteroatoms. The molecule has 0 unspecified atom stereocenters. The Morgan fingerprint density at radius 1 is 1.15 bits per heavy atom. The smallest absolute Gasteiger partial charge is 0.313 e. The van der Waals surface area contributed by atoms with Gasteiger partial charge in [-0.25, -0.2) is 0 Å². The molecule has 0 N–H and O–H groups in total. The Balaban J connectivity index is 2.09. The largest absolute Gasteiger partial charge is 0.466 e. The van der Waals surface area contributed by atoms with Crippen LogP contribution < -0.4 is 0 Å². The number of esters is 1. The van der Waals surface area contributed by atoms with Gasteiger partial charge in [-0.1, -0.05) is 36.4 Å². The van der Waals surface area contributed by atoms with Crippen molar-refractivity contribution >= 4 is 5.97 Å². The van der Waals surface area contributed by atoms with Crippen molar-refractivity contribution in [1.29, 1.82) is 0 Å². The quantitative estimate of drug-likeness (QED) is 0.755. The Morgan fingerprint density at radius 2 is 1.90 bits per heavy atom. The van der Waals surface area contributed by atoms with Crippen LogP contribution in [0.1, 0.15) is 30.5 Å². The van der Waals surface area contributed by atoms with E-state index in [9.17, 15) is 4.79 Å². The molecule has 0 saturated heterocycles. The van der Waals surface area contributed by atoms with Crippen LogP contribution in [0.2, 0.25) is 0 Å². The summed E-state index contributed by atoms with van der Waals surface area (Å²) >= 11 is 0. The van der Waals surface area contributed by atoms with Gasteiger partial charge in [0.05, 0.1) is 12.5 Å². The van der Waals surface area contributed by atoms with Crippen molar-refractivity contribution in [3.63, 3.8) is 0 Å². The highest BCUT2D eigenvalue weighted by Crippen LogP contribution is 2.23. The summed E-state index contributed by atoms with van der Waals surface area (Å²) in [5, 5.41) is 0. The first-order valence-electron chi connectivity index (χ1n) is 6.92. The van der Waals surface area contributed by atoms with Gasteiger partial charge in [-0.2, -0.15) is 0 Å². The molecule has 0 spiro atoms. The Morgan fingerprint density at radius 3 is 2.55 bits per heavy atom. The van der Waals surface area contributed by atoms with Crippen molar-refractivity contribution in [2.75, 3.05) is 6.61 Å². The zero-order valence-corrected chi connectivity index (χ0v) is 11.7. The van der Waals surface area contributed by atoms with Crippen LogP contribution in [0.3, 0.4) is 0 Å². The van der Waals surface area contributed by atoms with Gasteiger partial charge in [0.15, 0.2) is 0 Å². The molecular weight excluding hydrogens is 250 g/mol. The van der Waals surface area contributed by atoms with Crippen LogP contribution in [0.5, 0.6) is 0 Å². The van der Waals surface area contributed by atoms with E-state index in [1.807, 2.05) is 55.5 Å². The maximum absolute atomic E-state index is 12.1. The van der Waals surface area contributed by atoms with Crippen molar-refractivity contribution in [3.8, 4) is 0 Å². The van der Waals surface area contributed by atoms with Crippen LogP contribution in [0.15, 0.2) is 54.7 Å². The van der Waals surface area contributed by atoms with E-state index in [2.05, 4.69) is 4.98 Å². The molecule has 1 atom stereocenters. The lowest BCUT2D eigenvalue weighted by atomic mass is 9.93. The highest BCUT2D eigenvalue weighted by Gasteiger charge is 2.21. The van der Waals surface area contributed by atoms with Crippen molar-refractivity contribution in [2.24, 2.45) is 0 Å². The standard InChI is InChI=1S/C17H19NO2/c1-2-20-17(19)16(14-8-4-3-5-9-14)12-11-15-10-6-7-13-18-15/h3-10,13,16H,2,11-12H2,1H3/t16-/m0/s1. The molecule has 0 bridgehead atoms. The number of carbonyl (C=O) groups excluding carboxylic acids is 1. The van der Waals surface area contributed by atoms with E-state index in [4.69, 9.17) is 4.74 Å². The van der Waals surface area contributed by atoms with Gasteiger partial charge in [-0.05, 0) is 37.5 Å². The molecule has 0 aliphatic carbocycles. The predicted molar refractivity (Wildman–Crippen MR) is 78.4 cm³/mol. The summed E-state index contributed by atoms with van der Waals surface area (Å²) in [6.45, 7) is 2.24. The SMILES string of the molecule is CCOC(=O)[C@@H](CCc1ccccn1)c1ccccc1. The lowest BCUT2D eigenvalue weighted by Crippen LogP contribution is -2.17. The molecule has 3 nitrogen and oxygen atoms in total. The third-order valence-electron chi connectivity index (χ3n) is 3.19. The summed E-state index contributed by atoms with van der Waals surface area (Å²) < 4.78 is 5.19. The molecule has 1 heterocycles. The molecule has 0 aliphatic heterocycles. The van der Waals surface area contributed by atoms with Gasteiger partial charge in [0.1, 0.15) is 0 Å². The third-order valence-corrected chi connectivity index (χ3v) is 3.19. The number of benzene rings is 1. The minimum absolute atomic E-state index is 0.158. The first kappa shape index (κ1) is 14.3. The molecule has 1 aromatic carbocycles. The summed E-state index contributed by atoms with van der Waals surface area (Å²) in [5.74, 6) is -0.382. The number of rotatable bonds is 6. The van der Waals surface area contributed by atoms with E-state index in [0.717, 1.165) is 17.7 Å². The monoisotopic (exact) mass is 269 g/mol. The van der Waals surface area contributed by atoms with Gasteiger partial charge in [0.25, 0.3) is 0 Å². The molecule has 2 rings (SSSR count). The van der Waals surface area contributed by atoms with E-state index in [1.165, 1.54) is 0 Å². The van der Waals surface area contributed by atoms with Crippen LogP contribution >= 0.6 is 0 Å². The molecule has 2 aromatic rings. The Hall–Kier alpha value is -2.16. The second-order valence-electron chi connectivity index (χ2n) is 4.58. The molecular formula is C17H19NO2. The lowest BCUT2D eigenvalue weighted by Gasteiger charge is -2.15. The highest BCUT2D eigenvalue weighted by molar-refractivity contribution is 5.78. The fourth-order valence-corrected chi connectivity index (χ4v) is 2.19. The maximum Gasteiger partial charge on any atom is 0.313 e.